The lowest BCUT2D eigenvalue weighted by molar-refractivity contribution is -0.485. The van der Waals surface area contributed by atoms with E-state index in [1.807, 2.05) is 6.92 Å². The Kier molecular flexibility index (Phi) is 3.16. The second-order valence-electron chi connectivity index (χ2n) is 1.71. The van der Waals surface area contributed by atoms with E-state index in [1.54, 1.807) is 7.05 Å². The molecule has 6 heteroatoms. The van der Waals surface area contributed by atoms with Crippen molar-refractivity contribution in [3.63, 3.8) is 0 Å². The molecule has 0 radical (unpaired) electrons. The number of rotatable bonds is 2. The highest BCUT2D eigenvalue weighted by Crippen LogP contribution is 1.80. The summed E-state index contributed by atoms with van der Waals surface area (Å²) in [4.78, 5) is 11.2. The summed E-state index contributed by atoms with van der Waals surface area (Å²) in [7, 11) is 1.63. The van der Waals surface area contributed by atoms with Crippen molar-refractivity contribution >= 4 is 5.96 Å². The zero-order valence-electron chi connectivity index (χ0n) is 5.94. The second-order valence-corrected chi connectivity index (χ2v) is 1.71. The van der Waals surface area contributed by atoms with Gasteiger partial charge in [0, 0.05) is 13.6 Å². The fraction of sp³-hybridized carbons (Fsp3) is 0.750. The molecular formula is C4H10N4O2. The van der Waals surface area contributed by atoms with E-state index in [4.69, 9.17) is 5.73 Å². The molecule has 0 unspecified atom stereocenters. The van der Waals surface area contributed by atoms with Crippen LogP contribution in [0.1, 0.15) is 6.92 Å². The van der Waals surface area contributed by atoms with Gasteiger partial charge in [0.05, 0.1) is 0 Å². The molecule has 0 spiro atoms. The Hall–Kier alpha value is -1.33. The molecule has 0 aliphatic carbocycles. The van der Waals surface area contributed by atoms with E-state index in [9.17, 15) is 10.1 Å². The van der Waals surface area contributed by atoms with Crippen LogP contribution in [0, 0.1) is 10.1 Å². The minimum atomic E-state index is -0.818. The van der Waals surface area contributed by atoms with Gasteiger partial charge in [0.1, 0.15) is 5.10 Å². The third-order valence-electron chi connectivity index (χ3n) is 1.05. The van der Waals surface area contributed by atoms with E-state index in [1.165, 1.54) is 4.90 Å². The van der Waals surface area contributed by atoms with Crippen molar-refractivity contribution < 1.29 is 5.03 Å². The van der Waals surface area contributed by atoms with Crippen LogP contribution in [0.5, 0.6) is 0 Å². The van der Waals surface area contributed by atoms with Crippen molar-refractivity contribution in [3.8, 4) is 0 Å². The van der Waals surface area contributed by atoms with E-state index in [0.29, 0.717) is 6.54 Å². The van der Waals surface area contributed by atoms with Gasteiger partial charge in [0.25, 0.3) is 5.96 Å². The maximum atomic E-state index is 9.74. The largest absolute Gasteiger partial charge is 0.365 e. The van der Waals surface area contributed by atoms with E-state index in [0.717, 1.165) is 0 Å². The fourth-order valence-electron chi connectivity index (χ4n) is 0.322. The zero-order chi connectivity index (χ0) is 8.15. The lowest BCUT2D eigenvalue weighted by atomic mass is 10.6. The highest BCUT2D eigenvalue weighted by atomic mass is 16.7. The summed E-state index contributed by atoms with van der Waals surface area (Å²) in [5, 5.41) is 11.8. The van der Waals surface area contributed by atoms with E-state index >= 15 is 0 Å². The van der Waals surface area contributed by atoms with Crippen LogP contribution in [-0.4, -0.2) is 29.5 Å². The average molecular weight is 146 g/mol. The number of hydrazone groups is 1. The summed E-state index contributed by atoms with van der Waals surface area (Å²) < 4.78 is 0. The van der Waals surface area contributed by atoms with Crippen LogP contribution in [0.3, 0.4) is 0 Å². The molecule has 0 saturated carbocycles. The fourth-order valence-corrected chi connectivity index (χ4v) is 0.322. The number of guanidine groups is 1. The first-order valence-corrected chi connectivity index (χ1v) is 2.77. The molecule has 0 saturated heterocycles. The minimum Gasteiger partial charge on any atom is -0.365 e. The molecule has 0 aromatic carbocycles. The van der Waals surface area contributed by atoms with E-state index in [-0.39, 0.29) is 5.96 Å². The highest BCUT2D eigenvalue weighted by molar-refractivity contribution is 5.76. The van der Waals surface area contributed by atoms with Crippen LogP contribution < -0.4 is 5.73 Å². The summed E-state index contributed by atoms with van der Waals surface area (Å²) in [6, 6.07) is 0. The van der Waals surface area contributed by atoms with E-state index in [2.05, 4.69) is 5.10 Å². The molecule has 0 atom stereocenters. The summed E-state index contributed by atoms with van der Waals surface area (Å²) in [6.07, 6.45) is 0. The average Bonchev–Trinajstić information content (AvgIpc) is 1.85. The van der Waals surface area contributed by atoms with E-state index < -0.39 is 5.03 Å². The van der Waals surface area contributed by atoms with Crippen LogP contribution >= 0.6 is 0 Å². The van der Waals surface area contributed by atoms with Crippen LogP contribution in [0.25, 0.3) is 0 Å². The number of nitrogens with two attached hydrogens (primary N) is 1. The first-order valence-electron chi connectivity index (χ1n) is 2.77. The molecule has 0 rings (SSSR count). The monoisotopic (exact) mass is 146 g/mol. The third kappa shape index (κ3) is 2.85. The topological polar surface area (TPSA) is 84.8 Å². The van der Waals surface area contributed by atoms with Crippen molar-refractivity contribution in [2.45, 2.75) is 6.92 Å². The SMILES string of the molecule is CCN(C)/C(N)=N/[N+](=O)[O-]. The van der Waals surface area contributed by atoms with Gasteiger partial charge >= 0.3 is 0 Å². The van der Waals surface area contributed by atoms with Gasteiger partial charge in [-0.25, -0.2) is 10.1 Å². The smallest absolute Gasteiger partial charge is 0.268 e. The Labute approximate surface area is 58.5 Å². The van der Waals surface area contributed by atoms with Gasteiger partial charge in [-0.15, -0.1) is 0 Å². The second kappa shape index (κ2) is 3.65. The van der Waals surface area contributed by atoms with Gasteiger partial charge < -0.3 is 10.6 Å². The molecule has 10 heavy (non-hydrogen) atoms. The molecule has 6 nitrogen and oxygen atoms in total. The maximum Gasteiger partial charge on any atom is 0.268 e. The molecule has 0 aromatic rings. The summed E-state index contributed by atoms with van der Waals surface area (Å²) in [5.74, 6) is -0.0764. The number of nitrogens with zero attached hydrogens (tertiary/aromatic N) is 3. The predicted molar refractivity (Wildman–Crippen MR) is 36.9 cm³/mol. The van der Waals surface area contributed by atoms with Crippen LogP contribution in [-0.2, 0) is 0 Å². The minimum absolute atomic E-state index is 0.0764. The first kappa shape index (κ1) is 8.67. The van der Waals surface area contributed by atoms with Crippen molar-refractivity contribution in [2.75, 3.05) is 13.6 Å². The first-order chi connectivity index (χ1) is 4.57. The lowest BCUT2D eigenvalue weighted by Gasteiger charge is -2.10. The van der Waals surface area contributed by atoms with Gasteiger partial charge in [0.2, 0.25) is 0 Å². The molecule has 0 fully saturated rings. The van der Waals surface area contributed by atoms with Gasteiger partial charge in [0.15, 0.2) is 5.03 Å². The molecule has 0 aliphatic heterocycles. The maximum absolute atomic E-state index is 9.74. The summed E-state index contributed by atoms with van der Waals surface area (Å²) in [5.41, 5.74) is 5.16. The predicted octanol–water partition coefficient (Wildman–Crippen LogP) is -0.555. The molecule has 0 heterocycles. The van der Waals surface area contributed by atoms with Crippen LogP contribution in [0.4, 0.5) is 0 Å². The molecule has 0 aromatic heterocycles. The van der Waals surface area contributed by atoms with Gasteiger partial charge in [-0.2, -0.15) is 0 Å². The molecule has 2 N–H and O–H groups in total. The number of hydrogen-bond donors (Lipinski definition) is 1. The Morgan fingerprint density at radius 3 is 2.70 bits per heavy atom. The lowest BCUT2D eigenvalue weighted by Crippen LogP contribution is -2.34. The summed E-state index contributed by atoms with van der Waals surface area (Å²) in [6.45, 7) is 2.42. The standard InChI is InChI=1S/C4H10N4O2/c1-3-7(2)4(5)6-8(9)10/h3H2,1-2H3,(H2,5,6). The normalized spacial score (nSPS) is 11.2. The van der Waals surface area contributed by atoms with Crippen LogP contribution in [0.15, 0.2) is 5.10 Å². The quantitative estimate of drug-likeness (QED) is 0.245. The van der Waals surface area contributed by atoms with Crippen LogP contribution in [0.2, 0.25) is 0 Å². The molecular weight excluding hydrogens is 136 g/mol. The van der Waals surface area contributed by atoms with Crippen molar-refractivity contribution in [3.05, 3.63) is 10.1 Å². The van der Waals surface area contributed by atoms with Crippen molar-refractivity contribution in [1.29, 1.82) is 0 Å². The Morgan fingerprint density at radius 1 is 1.90 bits per heavy atom. The van der Waals surface area contributed by atoms with Crippen molar-refractivity contribution in [1.82, 2.24) is 4.90 Å². The Morgan fingerprint density at radius 2 is 2.40 bits per heavy atom. The Balaban J connectivity index is 4.04. The highest BCUT2D eigenvalue weighted by Gasteiger charge is 2.02. The Bertz CT molecular complexity index is 155. The number of hydrogen-bond acceptors (Lipinski definition) is 2. The van der Waals surface area contributed by atoms with Gasteiger partial charge in [-0.05, 0) is 6.92 Å². The van der Waals surface area contributed by atoms with Crippen molar-refractivity contribution in [2.24, 2.45) is 10.8 Å². The third-order valence-corrected chi connectivity index (χ3v) is 1.05. The van der Waals surface area contributed by atoms with Gasteiger partial charge in [-0.1, -0.05) is 0 Å². The summed E-state index contributed by atoms with van der Waals surface area (Å²) >= 11 is 0. The molecule has 0 aliphatic rings. The van der Waals surface area contributed by atoms with Gasteiger partial charge in [-0.3, -0.25) is 0 Å². The molecule has 58 valence electrons. The number of nitro groups is 1. The molecule has 0 amide bonds. The molecule has 0 bridgehead atoms. The zero-order valence-corrected chi connectivity index (χ0v) is 5.94.